The third-order valence-corrected chi connectivity index (χ3v) is 1.00. The predicted octanol–water partition coefficient (Wildman–Crippen LogP) is 0.265. The number of hydrogen-bond donors (Lipinski definition) is 1. The van der Waals surface area contributed by atoms with Crippen molar-refractivity contribution in [3.63, 3.8) is 0 Å². The zero-order valence-corrected chi connectivity index (χ0v) is 4.74. The van der Waals surface area contributed by atoms with Gasteiger partial charge in [0.1, 0.15) is 6.07 Å². The number of nitrogens with zero attached hydrogens (tertiary/aromatic N) is 1. The van der Waals surface area contributed by atoms with E-state index in [-0.39, 0.29) is 0 Å². The highest BCUT2D eigenvalue weighted by atomic mass is 16.5. The lowest BCUT2D eigenvalue weighted by Crippen LogP contribution is -2.18. The summed E-state index contributed by atoms with van der Waals surface area (Å²) in [4.78, 5) is 0. The number of ether oxygens (including phenoxy) is 1. The van der Waals surface area contributed by atoms with Crippen LogP contribution in [0, 0.1) is 11.3 Å². The molecular formula is C6H6N2O. The van der Waals surface area contributed by atoms with Gasteiger partial charge in [-0.2, -0.15) is 5.26 Å². The summed E-state index contributed by atoms with van der Waals surface area (Å²) in [6.45, 7) is 0. The maximum absolute atomic E-state index is 8.33. The molecule has 46 valence electrons. The van der Waals surface area contributed by atoms with Gasteiger partial charge in [0.25, 0.3) is 0 Å². The van der Waals surface area contributed by atoms with E-state index in [1.165, 1.54) is 6.26 Å². The van der Waals surface area contributed by atoms with Crippen LogP contribution in [0.2, 0.25) is 0 Å². The SMILES string of the molecule is N#CC1OC=CC=C1N. The Kier molecular flexibility index (Phi) is 1.41. The van der Waals surface area contributed by atoms with E-state index in [2.05, 4.69) is 0 Å². The molecule has 0 saturated carbocycles. The molecule has 9 heavy (non-hydrogen) atoms. The first kappa shape index (κ1) is 5.70. The molecule has 0 saturated heterocycles. The molecule has 1 unspecified atom stereocenters. The van der Waals surface area contributed by atoms with Crippen molar-refractivity contribution in [2.24, 2.45) is 5.73 Å². The van der Waals surface area contributed by atoms with Crippen LogP contribution in [-0.4, -0.2) is 6.10 Å². The third-order valence-electron chi connectivity index (χ3n) is 1.00. The molecule has 3 nitrogen and oxygen atoms in total. The number of allylic oxidation sites excluding steroid dienone is 2. The van der Waals surface area contributed by atoms with Gasteiger partial charge < -0.3 is 10.5 Å². The van der Waals surface area contributed by atoms with Gasteiger partial charge in [-0.25, -0.2) is 0 Å². The second-order valence-electron chi connectivity index (χ2n) is 1.64. The molecule has 0 spiro atoms. The number of rotatable bonds is 0. The first-order chi connectivity index (χ1) is 4.34. The van der Waals surface area contributed by atoms with E-state index in [9.17, 15) is 0 Å². The average Bonchev–Trinajstić information content (AvgIpc) is 1.89. The Balaban J connectivity index is 2.73. The molecule has 0 aromatic heterocycles. The van der Waals surface area contributed by atoms with E-state index >= 15 is 0 Å². The van der Waals surface area contributed by atoms with Crippen LogP contribution in [0.4, 0.5) is 0 Å². The van der Waals surface area contributed by atoms with Gasteiger partial charge in [0.05, 0.1) is 12.0 Å². The summed E-state index contributed by atoms with van der Waals surface area (Å²) in [5, 5.41) is 8.33. The fourth-order valence-corrected chi connectivity index (χ4v) is 0.545. The van der Waals surface area contributed by atoms with Crippen LogP contribution in [-0.2, 0) is 4.74 Å². The highest BCUT2D eigenvalue weighted by molar-refractivity contribution is 5.21. The van der Waals surface area contributed by atoms with Gasteiger partial charge in [0.15, 0.2) is 0 Å². The molecule has 0 fully saturated rings. The lowest BCUT2D eigenvalue weighted by atomic mass is 10.2. The summed E-state index contributed by atoms with van der Waals surface area (Å²) in [7, 11) is 0. The van der Waals surface area contributed by atoms with Crippen LogP contribution in [0.1, 0.15) is 0 Å². The molecule has 1 aliphatic heterocycles. The Bertz CT molecular complexity index is 200. The molecule has 0 bridgehead atoms. The average molecular weight is 122 g/mol. The summed E-state index contributed by atoms with van der Waals surface area (Å²) >= 11 is 0. The molecule has 0 aliphatic carbocycles. The third kappa shape index (κ3) is 1.03. The summed E-state index contributed by atoms with van der Waals surface area (Å²) in [5.74, 6) is 0. The predicted molar refractivity (Wildman–Crippen MR) is 31.9 cm³/mol. The fourth-order valence-electron chi connectivity index (χ4n) is 0.545. The quantitative estimate of drug-likeness (QED) is 0.501. The van der Waals surface area contributed by atoms with Crippen molar-refractivity contribution in [1.29, 1.82) is 5.26 Å². The topological polar surface area (TPSA) is 59.0 Å². The van der Waals surface area contributed by atoms with Crippen molar-refractivity contribution in [1.82, 2.24) is 0 Å². The van der Waals surface area contributed by atoms with Gasteiger partial charge in [0, 0.05) is 0 Å². The fraction of sp³-hybridized carbons (Fsp3) is 0.167. The first-order valence-corrected chi connectivity index (χ1v) is 2.52. The minimum atomic E-state index is -0.588. The smallest absolute Gasteiger partial charge is 0.222 e. The highest BCUT2D eigenvalue weighted by Gasteiger charge is 2.10. The van der Waals surface area contributed by atoms with E-state index in [0.717, 1.165) is 0 Å². The molecule has 1 aliphatic rings. The van der Waals surface area contributed by atoms with Crippen molar-refractivity contribution in [3.05, 3.63) is 24.1 Å². The van der Waals surface area contributed by atoms with E-state index in [1.807, 2.05) is 6.07 Å². The van der Waals surface area contributed by atoms with E-state index in [1.54, 1.807) is 12.2 Å². The Hall–Kier alpha value is -1.43. The van der Waals surface area contributed by atoms with Gasteiger partial charge in [-0.15, -0.1) is 0 Å². The van der Waals surface area contributed by atoms with Crippen LogP contribution in [0.15, 0.2) is 24.1 Å². The lowest BCUT2D eigenvalue weighted by molar-refractivity contribution is 0.217. The van der Waals surface area contributed by atoms with Gasteiger partial charge >= 0.3 is 0 Å². The highest BCUT2D eigenvalue weighted by Crippen LogP contribution is 2.05. The van der Waals surface area contributed by atoms with Crippen molar-refractivity contribution >= 4 is 0 Å². The number of hydrogen-bond acceptors (Lipinski definition) is 3. The van der Waals surface area contributed by atoms with E-state index < -0.39 is 6.10 Å². The van der Waals surface area contributed by atoms with Crippen LogP contribution >= 0.6 is 0 Å². The maximum atomic E-state index is 8.33. The van der Waals surface area contributed by atoms with Crippen LogP contribution in [0.3, 0.4) is 0 Å². The minimum Gasteiger partial charge on any atom is -0.477 e. The second-order valence-corrected chi connectivity index (χ2v) is 1.64. The summed E-state index contributed by atoms with van der Waals surface area (Å²) in [6, 6.07) is 1.89. The van der Waals surface area contributed by atoms with Crippen molar-refractivity contribution in [2.45, 2.75) is 6.10 Å². The standard InChI is InChI=1S/C6H6N2O/c7-4-6-5(8)2-1-3-9-6/h1-3,6H,8H2. The number of nitriles is 1. The molecule has 0 amide bonds. The van der Waals surface area contributed by atoms with Crippen LogP contribution in [0.25, 0.3) is 0 Å². The van der Waals surface area contributed by atoms with Crippen LogP contribution in [0.5, 0.6) is 0 Å². The Morgan fingerprint density at radius 1 is 1.78 bits per heavy atom. The monoisotopic (exact) mass is 122 g/mol. The van der Waals surface area contributed by atoms with Crippen molar-refractivity contribution in [2.75, 3.05) is 0 Å². The Labute approximate surface area is 53.0 Å². The zero-order valence-electron chi connectivity index (χ0n) is 4.74. The summed E-state index contributed by atoms with van der Waals surface area (Å²) in [5.41, 5.74) is 5.81. The van der Waals surface area contributed by atoms with Gasteiger partial charge in [0.2, 0.25) is 6.10 Å². The Morgan fingerprint density at radius 3 is 3.00 bits per heavy atom. The minimum absolute atomic E-state index is 0.458. The molecule has 1 heterocycles. The summed E-state index contributed by atoms with van der Waals surface area (Å²) in [6.07, 6.45) is 4.17. The maximum Gasteiger partial charge on any atom is 0.222 e. The largest absolute Gasteiger partial charge is 0.477 e. The summed E-state index contributed by atoms with van der Waals surface area (Å²) < 4.78 is 4.80. The molecule has 0 radical (unpaired) electrons. The molecule has 0 aromatic carbocycles. The normalized spacial score (nSPS) is 23.9. The van der Waals surface area contributed by atoms with Crippen LogP contribution < -0.4 is 5.73 Å². The molecule has 1 atom stereocenters. The number of nitrogens with two attached hydrogens (primary N) is 1. The van der Waals surface area contributed by atoms with E-state index in [0.29, 0.717) is 5.70 Å². The van der Waals surface area contributed by atoms with Crippen molar-refractivity contribution < 1.29 is 4.74 Å². The molecule has 0 aromatic rings. The Morgan fingerprint density at radius 2 is 2.56 bits per heavy atom. The second kappa shape index (κ2) is 2.23. The molecule has 3 heteroatoms. The molecule has 1 rings (SSSR count). The molecular weight excluding hydrogens is 116 g/mol. The van der Waals surface area contributed by atoms with E-state index in [4.69, 9.17) is 15.7 Å². The van der Waals surface area contributed by atoms with Gasteiger partial charge in [-0.3, -0.25) is 0 Å². The lowest BCUT2D eigenvalue weighted by Gasteiger charge is -2.10. The zero-order chi connectivity index (χ0) is 6.69. The van der Waals surface area contributed by atoms with Gasteiger partial charge in [-0.05, 0) is 12.2 Å². The van der Waals surface area contributed by atoms with Gasteiger partial charge in [-0.1, -0.05) is 0 Å². The molecule has 2 N–H and O–H groups in total. The van der Waals surface area contributed by atoms with Crippen molar-refractivity contribution in [3.8, 4) is 6.07 Å². The first-order valence-electron chi connectivity index (χ1n) is 2.52.